The van der Waals surface area contributed by atoms with Gasteiger partial charge in [0, 0.05) is 0 Å². The van der Waals surface area contributed by atoms with Crippen molar-refractivity contribution in [2.75, 3.05) is 22.9 Å². The molecule has 0 saturated heterocycles. The first-order valence-corrected chi connectivity index (χ1v) is 7.97. The van der Waals surface area contributed by atoms with Crippen molar-refractivity contribution in [3.05, 3.63) is 4.77 Å². The Balaban J connectivity index is 2.93. The minimum atomic E-state index is -3.45. The van der Waals surface area contributed by atoms with E-state index in [-0.39, 0.29) is 29.3 Å². The summed E-state index contributed by atoms with van der Waals surface area (Å²) < 4.78 is 24.4. The van der Waals surface area contributed by atoms with Crippen LogP contribution in [0.1, 0.15) is 19.8 Å². The monoisotopic (exact) mass is 307 g/mol. The van der Waals surface area contributed by atoms with E-state index in [2.05, 4.69) is 25.0 Å². The minimum Gasteiger partial charge on any atom is -0.394 e. The van der Waals surface area contributed by atoms with Crippen molar-refractivity contribution >= 4 is 34.1 Å². The predicted octanol–water partition coefficient (Wildman–Crippen LogP) is 0.479. The number of nitrogens with zero attached hydrogens (tertiary/aromatic N) is 2. The van der Waals surface area contributed by atoms with Gasteiger partial charge in [-0.2, -0.15) is 9.97 Å². The van der Waals surface area contributed by atoms with Gasteiger partial charge in [0.25, 0.3) is 0 Å². The first kappa shape index (κ1) is 15.8. The Morgan fingerprint density at radius 2 is 2.05 bits per heavy atom. The van der Waals surface area contributed by atoms with E-state index in [1.54, 1.807) is 0 Å². The average Bonchev–Trinajstić information content (AvgIpc) is 2.25. The lowest BCUT2D eigenvalue weighted by atomic mass is 10.2. The number of aromatic amines is 1. The molecule has 0 unspecified atom stereocenters. The molecule has 0 aliphatic heterocycles. The van der Waals surface area contributed by atoms with Crippen LogP contribution in [0.25, 0.3) is 0 Å². The van der Waals surface area contributed by atoms with Gasteiger partial charge in [0.2, 0.25) is 26.7 Å². The molecule has 1 heterocycles. The first-order valence-electron chi connectivity index (χ1n) is 5.67. The van der Waals surface area contributed by atoms with Crippen molar-refractivity contribution in [2.24, 2.45) is 0 Å². The molecule has 1 rings (SSSR count). The van der Waals surface area contributed by atoms with E-state index < -0.39 is 10.0 Å². The Morgan fingerprint density at radius 1 is 1.42 bits per heavy atom. The summed E-state index contributed by atoms with van der Waals surface area (Å²) in [6.45, 7) is 1.93. The van der Waals surface area contributed by atoms with Gasteiger partial charge in [-0.1, -0.05) is 13.3 Å². The van der Waals surface area contributed by atoms with Crippen LogP contribution in [-0.2, 0) is 10.0 Å². The molecular weight excluding hydrogens is 290 g/mol. The van der Waals surface area contributed by atoms with Crippen LogP contribution >= 0.6 is 12.2 Å². The second kappa shape index (κ2) is 6.78. The van der Waals surface area contributed by atoms with Crippen LogP contribution in [0.5, 0.6) is 0 Å². The third kappa shape index (κ3) is 5.94. The third-order valence-electron chi connectivity index (χ3n) is 2.13. The normalized spacial score (nSPS) is 13.0. The fraction of sp³-hybridized carbons (Fsp3) is 0.667. The quantitative estimate of drug-likeness (QED) is 0.541. The first-order chi connectivity index (χ1) is 8.84. The molecule has 0 aliphatic rings. The third-order valence-corrected chi connectivity index (χ3v) is 2.88. The Bertz CT molecular complexity index is 571. The van der Waals surface area contributed by atoms with Gasteiger partial charge in [-0.3, -0.25) is 9.71 Å². The summed E-state index contributed by atoms with van der Waals surface area (Å²) in [6, 6.07) is -0.184. The number of sulfonamides is 1. The molecule has 0 fully saturated rings. The van der Waals surface area contributed by atoms with E-state index in [1.165, 1.54) is 0 Å². The largest absolute Gasteiger partial charge is 0.394 e. The second-order valence-corrected chi connectivity index (χ2v) is 6.13. The molecule has 8 nitrogen and oxygen atoms in total. The van der Waals surface area contributed by atoms with E-state index >= 15 is 0 Å². The van der Waals surface area contributed by atoms with E-state index in [0.29, 0.717) is 0 Å². The molecule has 0 saturated carbocycles. The highest BCUT2D eigenvalue weighted by Gasteiger charge is 2.10. The Labute approximate surface area is 116 Å². The number of aromatic nitrogens is 3. The van der Waals surface area contributed by atoms with E-state index in [1.807, 2.05) is 6.92 Å². The van der Waals surface area contributed by atoms with E-state index in [9.17, 15) is 13.5 Å². The van der Waals surface area contributed by atoms with Crippen LogP contribution in [0.4, 0.5) is 11.9 Å². The molecule has 4 N–H and O–H groups in total. The predicted molar refractivity (Wildman–Crippen MR) is 75.1 cm³/mol. The number of aliphatic hydroxyl groups is 1. The molecule has 108 valence electrons. The van der Waals surface area contributed by atoms with Gasteiger partial charge in [0.15, 0.2) is 0 Å². The van der Waals surface area contributed by atoms with Crippen molar-refractivity contribution in [1.29, 1.82) is 0 Å². The number of nitrogens with one attached hydrogen (secondary N) is 3. The topological polar surface area (TPSA) is 120 Å². The lowest BCUT2D eigenvalue weighted by Crippen LogP contribution is -2.25. The molecule has 0 aromatic carbocycles. The molecule has 0 amide bonds. The molecule has 0 spiro atoms. The Hall–Kier alpha value is -1.26. The van der Waals surface area contributed by atoms with Gasteiger partial charge < -0.3 is 10.4 Å². The van der Waals surface area contributed by atoms with Crippen LogP contribution in [-0.4, -0.2) is 47.4 Å². The zero-order valence-electron chi connectivity index (χ0n) is 10.7. The van der Waals surface area contributed by atoms with Crippen molar-refractivity contribution in [1.82, 2.24) is 15.0 Å². The fourth-order valence-corrected chi connectivity index (χ4v) is 2.06. The average molecular weight is 307 g/mol. The maximum atomic E-state index is 11.1. The van der Waals surface area contributed by atoms with Gasteiger partial charge in [-0.15, -0.1) is 0 Å². The highest BCUT2D eigenvalue weighted by molar-refractivity contribution is 7.92. The van der Waals surface area contributed by atoms with E-state index in [0.717, 1.165) is 19.1 Å². The molecule has 1 aromatic heterocycles. The maximum Gasteiger partial charge on any atom is 0.232 e. The summed E-state index contributed by atoms with van der Waals surface area (Å²) in [5.41, 5.74) is 0. The van der Waals surface area contributed by atoms with Gasteiger partial charge in [0.05, 0.1) is 18.9 Å². The summed E-state index contributed by atoms with van der Waals surface area (Å²) in [5, 5.41) is 12.1. The Morgan fingerprint density at radius 3 is 2.58 bits per heavy atom. The standard InChI is InChI=1S/C9H17N5O3S2/c1-3-4-6(5-15)10-7-11-8(13-9(18)12-7)14-19(2,16)17/h6,15H,3-5H2,1-2H3,(H3,10,11,12,13,14,18)/t6-/m1/s1. The van der Waals surface area contributed by atoms with Crippen LogP contribution in [0, 0.1) is 4.77 Å². The van der Waals surface area contributed by atoms with Crippen molar-refractivity contribution < 1.29 is 13.5 Å². The van der Waals surface area contributed by atoms with Gasteiger partial charge in [-0.25, -0.2) is 8.42 Å². The smallest absolute Gasteiger partial charge is 0.232 e. The minimum absolute atomic E-state index is 0.000545. The number of anilines is 2. The van der Waals surface area contributed by atoms with Crippen LogP contribution in [0.15, 0.2) is 0 Å². The summed E-state index contributed by atoms with van der Waals surface area (Å²) in [7, 11) is -3.45. The van der Waals surface area contributed by atoms with Crippen LogP contribution < -0.4 is 10.0 Å². The number of hydrogen-bond acceptors (Lipinski definition) is 7. The molecular formula is C9H17N5O3S2. The summed E-state index contributed by atoms with van der Waals surface area (Å²) >= 11 is 4.85. The van der Waals surface area contributed by atoms with Gasteiger partial charge >= 0.3 is 0 Å². The second-order valence-electron chi connectivity index (χ2n) is 4.02. The summed E-state index contributed by atoms with van der Waals surface area (Å²) in [5.74, 6) is 0.247. The lowest BCUT2D eigenvalue weighted by Gasteiger charge is -2.16. The summed E-state index contributed by atoms with van der Waals surface area (Å²) in [6.07, 6.45) is 2.64. The number of hydrogen-bond donors (Lipinski definition) is 4. The number of H-pyrrole nitrogens is 1. The van der Waals surface area contributed by atoms with Crippen molar-refractivity contribution in [3.8, 4) is 0 Å². The van der Waals surface area contributed by atoms with Gasteiger partial charge in [-0.05, 0) is 18.6 Å². The number of aliphatic hydroxyl groups excluding tert-OH is 1. The van der Waals surface area contributed by atoms with Crippen LogP contribution in [0.2, 0.25) is 0 Å². The molecule has 10 heteroatoms. The zero-order chi connectivity index (χ0) is 14.5. The maximum absolute atomic E-state index is 11.1. The molecule has 0 radical (unpaired) electrons. The molecule has 0 bridgehead atoms. The Kier molecular flexibility index (Phi) is 5.63. The summed E-state index contributed by atoms with van der Waals surface area (Å²) in [4.78, 5) is 10.3. The zero-order valence-corrected chi connectivity index (χ0v) is 12.3. The number of rotatable bonds is 7. The molecule has 1 aromatic rings. The van der Waals surface area contributed by atoms with Gasteiger partial charge in [0.1, 0.15) is 0 Å². The highest BCUT2D eigenvalue weighted by atomic mass is 32.2. The van der Waals surface area contributed by atoms with Crippen molar-refractivity contribution in [3.63, 3.8) is 0 Å². The molecule has 1 atom stereocenters. The van der Waals surface area contributed by atoms with E-state index in [4.69, 9.17) is 12.2 Å². The molecule has 19 heavy (non-hydrogen) atoms. The van der Waals surface area contributed by atoms with Crippen molar-refractivity contribution in [2.45, 2.75) is 25.8 Å². The SMILES string of the molecule is CCC[C@H](CO)Nc1nc(=S)nc(NS(C)(=O)=O)[nH]1. The fourth-order valence-electron chi connectivity index (χ4n) is 1.43. The highest BCUT2D eigenvalue weighted by Crippen LogP contribution is 2.08. The molecule has 0 aliphatic carbocycles. The lowest BCUT2D eigenvalue weighted by molar-refractivity contribution is 0.268. The van der Waals surface area contributed by atoms with Crippen LogP contribution in [0.3, 0.4) is 0 Å².